The number of fused-ring (bicyclic) bond motifs is 1. The molecule has 0 aliphatic rings. The van der Waals surface area contributed by atoms with Crippen molar-refractivity contribution in [3.05, 3.63) is 36.0 Å². The predicted octanol–water partition coefficient (Wildman–Crippen LogP) is 2.56. The number of para-hydroxylation sites is 1. The molecule has 5 heteroatoms. The van der Waals surface area contributed by atoms with Crippen LogP contribution in [0.15, 0.2) is 30.5 Å². The second kappa shape index (κ2) is 6.22. The van der Waals surface area contributed by atoms with Crippen LogP contribution in [0.25, 0.3) is 10.9 Å². The molecule has 1 amide bonds. The van der Waals surface area contributed by atoms with E-state index in [1.54, 1.807) is 13.1 Å². The first-order valence-electron chi connectivity index (χ1n) is 7.33. The number of esters is 1. The molecule has 1 atom stereocenters. The van der Waals surface area contributed by atoms with Gasteiger partial charge in [-0.15, -0.1) is 0 Å². The Morgan fingerprint density at radius 1 is 1.27 bits per heavy atom. The predicted molar refractivity (Wildman–Crippen MR) is 85.5 cm³/mol. The van der Waals surface area contributed by atoms with Crippen molar-refractivity contribution < 1.29 is 14.3 Å². The molecule has 0 fully saturated rings. The summed E-state index contributed by atoms with van der Waals surface area (Å²) in [6.07, 6.45) is 1.13. The Kier molecular flexibility index (Phi) is 4.54. The third-order valence-corrected chi connectivity index (χ3v) is 3.19. The quantitative estimate of drug-likeness (QED) is 0.853. The van der Waals surface area contributed by atoms with Crippen LogP contribution in [-0.2, 0) is 20.7 Å². The summed E-state index contributed by atoms with van der Waals surface area (Å²) in [4.78, 5) is 27.0. The van der Waals surface area contributed by atoms with Crippen LogP contribution in [0.4, 0.5) is 0 Å². The van der Waals surface area contributed by atoms with Gasteiger partial charge in [0.15, 0.2) is 6.10 Å². The van der Waals surface area contributed by atoms with E-state index in [0.29, 0.717) is 0 Å². The number of aromatic nitrogens is 1. The highest BCUT2D eigenvalue weighted by Gasteiger charge is 2.22. The fraction of sp³-hybridized carbons (Fsp3) is 0.412. The number of rotatable bonds is 4. The normalized spacial score (nSPS) is 12.9. The molecule has 2 N–H and O–H groups in total. The number of hydrogen-bond donors (Lipinski definition) is 2. The number of carbonyl (C=O) groups excluding carboxylic acids is 2. The van der Waals surface area contributed by atoms with Crippen molar-refractivity contribution in [2.24, 2.45) is 0 Å². The number of carbonyl (C=O) groups is 2. The van der Waals surface area contributed by atoms with Crippen molar-refractivity contribution in [2.45, 2.75) is 45.8 Å². The number of ether oxygens (including phenoxy) is 1. The number of aromatic amines is 1. The zero-order valence-electron chi connectivity index (χ0n) is 13.4. The van der Waals surface area contributed by atoms with Gasteiger partial charge in [0.25, 0.3) is 5.91 Å². The third kappa shape index (κ3) is 4.10. The van der Waals surface area contributed by atoms with Crippen LogP contribution < -0.4 is 5.32 Å². The Balaban J connectivity index is 1.97. The molecule has 2 rings (SSSR count). The van der Waals surface area contributed by atoms with E-state index in [0.717, 1.165) is 16.5 Å². The molecule has 0 radical (unpaired) electrons. The minimum atomic E-state index is -0.808. The molecule has 0 aliphatic carbocycles. The van der Waals surface area contributed by atoms with Crippen LogP contribution in [0, 0.1) is 0 Å². The van der Waals surface area contributed by atoms with Gasteiger partial charge < -0.3 is 15.0 Å². The molecule has 0 spiro atoms. The Hall–Kier alpha value is -2.30. The van der Waals surface area contributed by atoms with Crippen LogP contribution in [0.5, 0.6) is 0 Å². The highest BCUT2D eigenvalue weighted by molar-refractivity contribution is 5.88. The molecular formula is C17H22N2O3. The van der Waals surface area contributed by atoms with Gasteiger partial charge in [0.2, 0.25) is 0 Å². The maximum Gasteiger partial charge on any atom is 0.311 e. The summed E-state index contributed by atoms with van der Waals surface area (Å²) in [6.45, 7) is 7.22. The Labute approximate surface area is 130 Å². The van der Waals surface area contributed by atoms with Crippen LogP contribution in [0.3, 0.4) is 0 Å². The van der Waals surface area contributed by atoms with Crippen molar-refractivity contribution in [1.29, 1.82) is 0 Å². The lowest BCUT2D eigenvalue weighted by atomic mass is 10.1. The van der Waals surface area contributed by atoms with E-state index in [2.05, 4.69) is 10.3 Å². The van der Waals surface area contributed by atoms with Gasteiger partial charge in [0.1, 0.15) is 0 Å². The number of benzene rings is 1. The largest absolute Gasteiger partial charge is 0.452 e. The Morgan fingerprint density at radius 3 is 2.64 bits per heavy atom. The lowest BCUT2D eigenvalue weighted by Crippen LogP contribution is -2.46. The average molecular weight is 302 g/mol. The zero-order chi connectivity index (χ0) is 16.3. The molecule has 22 heavy (non-hydrogen) atoms. The van der Waals surface area contributed by atoms with E-state index in [1.807, 2.05) is 45.0 Å². The van der Waals surface area contributed by atoms with Gasteiger partial charge in [0, 0.05) is 22.6 Å². The summed E-state index contributed by atoms with van der Waals surface area (Å²) in [7, 11) is 0. The highest BCUT2D eigenvalue weighted by atomic mass is 16.5. The molecule has 0 aliphatic heterocycles. The van der Waals surface area contributed by atoms with E-state index < -0.39 is 12.1 Å². The fourth-order valence-electron chi connectivity index (χ4n) is 2.20. The van der Waals surface area contributed by atoms with Gasteiger partial charge in [0.05, 0.1) is 6.42 Å². The monoisotopic (exact) mass is 302 g/mol. The average Bonchev–Trinajstić information content (AvgIpc) is 2.80. The number of amides is 1. The topological polar surface area (TPSA) is 71.2 Å². The molecule has 1 aromatic heterocycles. The fourth-order valence-corrected chi connectivity index (χ4v) is 2.20. The van der Waals surface area contributed by atoms with E-state index in [-0.39, 0.29) is 17.9 Å². The van der Waals surface area contributed by atoms with Gasteiger partial charge >= 0.3 is 5.97 Å². The smallest absolute Gasteiger partial charge is 0.311 e. The minimum absolute atomic E-state index is 0.136. The first-order chi connectivity index (χ1) is 10.3. The summed E-state index contributed by atoms with van der Waals surface area (Å²) >= 11 is 0. The van der Waals surface area contributed by atoms with E-state index in [1.165, 1.54) is 0 Å². The summed E-state index contributed by atoms with van der Waals surface area (Å²) < 4.78 is 5.22. The van der Waals surface area contributed by atoms with Crippen LogP contribution in [-0.4, -0.2) is 28.5 Å². The number of H-pyrrole nitrogens is 1. The second-order valence-corrected chi connectivity index (χ2v) is 6.41. The third-order valence-electron chi connectivity index (χ3n) is 3.19. The summed E-state index contributed by atoms with van der Waals surface area (Å²) in [5.41, 5.74) is 1.49. The molecule has 0 bridgehead atoms. The maximum absolute atomic E-state index is 12.0. The lowest BCUT2D eigenvalue weighted by Gasteiger charge is -2.23. The van der Waals surface area contributed by atoms with Gasteiger partial charge in [-0.25, -0.2) is 0 Å². The Bertz CT molecular complexity index is 683. The summed E-state index contributed by atoms with van der Waals surface area (Å²) in [6, 6.07) is 7.75. The molecule has 1 aromatic carbocycles. The molecule has 118 valence electrons. The zero-order valence-corrected chi connectivity index (χ0v) is 13.4. The van der Waals surface area contributed by atoms with E-state index in [9.17, 15) is 9.59 Å². The van der Waals surface area contributed by atoms with Crippen molar-refractivity contribution in [2.75, 3.05) is 0 Å². The van der Waals surface area contributed by atoms with Crippen LogP contribution in [0.2, 0.25) is 0 Å². The molecule has 5 nitrogen and oxygen atoms in total. The molecule has 1 unspecified atom stereocenters. The van der Waals surface area contributed by atoms with E-state index >= 15 is 0 Å². The van der Waals surface area contributed by atoms with Crippen molar-refractivity contribution >= 4 is 22.8 Å². The Morgan fingerprint density at radius 2 is 1.95 bits per heavy atom. The molecule has 0 saturated heterocycles. The molecule has 1 heterocycles. The van der Waals surface area contributed by atoms with Crippen molar-refractivity contribution in [1.82, 2.24) is 10.3 Å². The first kappa shape index (κ1) is 16.1. The summed E-state index contributed by atoms with van der Waals surface area (Å²) in [5, 5.41) is 3.78. The number of nitrogens with one attached hydrogen (secondary N) is 2. The number of hydrogen-bond acceptors (Lipinski definition) is 3. The van der Waals surface area contributed by atoms with Gasteiger partial charge in [-0.1, -0.05) is 18.2 Å². The van der Waals surface area contributed by atoms with Gasteiger partial charge in [-0.2, -0.15) is 0 Å². The minimum Gasteiger partial charge on any atom is -0.452 e. The SMILES string of the molecule is CC(OC(=O)Cc1c[nH]c2ccccc12)C(=O)NC(C)(C)C. The van der Waals surface area contributed by atoms with Gasteiger partial charge in [-0.05, 0) is 39.3 Å². The highest BCUT2D eigenvalue weighted by Crippen LogP contribution is 2.18. The van der Waals surface area contributed by atoms with Crippen molar-refractivity contribution in [3.8, 4) is 0 Å². The molecule has 2 aromatic rings. The standard InChI is InChI=1S/C17H22N2O3/c1-11(16(21)19-17(2,3)4)22-15(20)9-12-10-18-14-8-6-5-7-13(12)14/h5-8,10-11,18H,9H2,1-4H3,(H,19,21). The van der Waals surface area contributed by atoms with Crippen LogP contribution in [0.1, 0.15) is 33.3 Å². The second-order valence-electron chi connectivity index (χ2n) is 6.41. The van der Waals surface area contributed by atoms with Crippen LogP contribution >= 0.6 is 0 Å². The maximum atomic E-state index is 12.0. The summed E-state index contributed by atoms with van der Waals surface area (Å²) in [5.74, 6) is -0.707. The van der Waals surface area contributed by atoms with Gasteiger partial charge in [-0.3, -0.25) is 9.59 Å². The molecular weight excluding hydrogens is 280 g/mol. The molecule has 0 saturated carbocycles. The van der Waals surface area contributed by atoms with Crippen molar-refractivity contribution in [3.63, 3.8) is 0 Å². The lowest BCUT2D eigenvalue weighted by molar-refractivity contribution is -0.154. The van der Waals surface area contributed by atoms with E-state index in [4.69, 9.17) is 4.74 Å². The first-order valence-corrected chi connectivity index (χ1v) is 7.33.